The molecule has 4 N–H and O–H groups in total. The Morgan fingerprint density at radius 2 is 2.29 bits per heavy atom. The SMILES string of the molecule is O=C(NCCCc1nc2ccccc2[nH]1)[C@@H]1C[C@@H](O)CN1. The van der Waals surface area contributed by atoms with E-state index in [0.29, 0.717) is 19.5 Å². The summed E-state index contributed by atoms with van der Waals surface area (Å²) in [4.78, 5) is 19.6. The van der Waals surface area contributed by atoms with Crippen molar-refractivity contribution in [3.63, 3.8) is 0 Å². The number of amides is 1. The van der Waals surface area contributed by atoms with Crippen LogP contribution < -0.4 is 10.6 Å². The lowest BCUT2D eigenvalue weighted by Crippen LogP contribution is -2.40. The van der Waals surface area contributed by atoms with Crippen LogP contribution in [-0.4, -0.2) is 46.2 Å². The van der Waals surface area contributed by atoms with Crippen molar-refractivity contribution in [1.82, 2.24) is 20.6 Å². The minimum atomic E-state index is -0.406. The van der Waals surface area contributed by atoms with E-state index in [1.807, 2.05) is 24.3 Å². The molecule has 0 unspecified atom stereocenters. The molecule has 0 bridgehead atoms. The molecule has 0 spiro atoms. The number of aromatic amines is 1. The number of H-pyrrole nitrogens is 1. The number of nitrogens with zero attached hydrogens (tertiary/aromatic N) is 1. The Morgan fingerprint density at radius 3 is 3.05 bits per heavy atom. The molecule has 112 valence electrons. The van der Waals surface area contributed by atoms with Crippen molar-refractivity contribution in [2.45, 2.75) is 31.4 Å². The van der Waals surface area contributed by atoms with Crippen LogP contribution in [0.5, 0.6) is 0 Å². The standard InChI is InChI=1S/C15H20N4O2/c20-10-8-13(17-9-10)15(21)16-7-3-6-14-18-11-4-1-2-5-12(11)19-14/h1-2,4-5,10,13,17,20H,3,6-9H2,(H,16,21)(H,18,19)/t10-,13+/m1/s1. The number of imidazole rings is 1. The molecule has 2 aromatic rings. The molecule has 1 aromatic carbocycles. The third kappa shape index (κ3) is 3.40. The fourth-order valence-corrected chi connectivity index (χ4v) is 2.63. The van der Waals surface area contributed by atoms with E-state index in [1.165, 1.54) is 0 Å². The molecule has 1 saturated heterocycles. The summed E-state index contributed by atoms with van der Waals surface area (Å²) in [6, 6.07) is 7.67. The van der Waals surface area contributed by atoms with Crippen LogP contribution in [0, 0.1) is 0 Å². The first-order valence-electron chi connectivity index (χ1n) is 7.35. The number of para-hydroxylation sites is 2. The van der Waals surface area contributed by atoms with Crippen LogP contribution in [0.2, 0.25) is 0 Å². The molecule has 1 aromatic heterocycles. The number of fused-ring (bicyclic) bond motifs is 1. The predicted octanol–water partition coefficient (Wildman–Crippen LogP) is 0.334. The second-order valence-corrected chi connectivity index (χ2v) is 5.45. The van der Waals surface area contributed by atoms with Crippen molar-refractivity contribution in [2.24, 2.45) is 0 Å². The maximum absolute atomic E-state index is 11.8. The van der Waals surface area contributed by atoms with Gasteiger partial charge in [-0.1, -0.05) is 12.1 Å². The average molecular weight is 288 g/mol. The van der Waals surface area contributed by atoms with Crippen LogP contribution in [-0.2, 0) is 11.2 Å². The molecule has 0 aliphatic carbocycles. The molecular weight excluding hydrogens is 268 g/mol. The van der Waals surface area contributed by atoms with Gasteiger partial charge in [0.1, 0.15) is 5.82 Å². The summed E-state index contributed by atoms with van der Waals surface area (Å²) in [5.41, 5.74) is 2.02. The summed E-state index contributed by atoms with van der Waals surface area (Å²) in [5.74, 6) is 0.913. The first kappa shape index (κ1) is 14.0. The van der Waals surface area contributed by atoms with E-state index in [-0.39, 0.29) is 11.9 Å². The first-order chi connectivity index (χ1) is 10.2. The van der Waals surface area contributed by atoms with Gasteiger partial charge >= 0.3 is 0 Å². The van der Waals surface area contributed by atoms with Crippen molar-refractivity contribution < 1.29 is 9.90 Å². The molecule has 21 heavy (non-hydrogen) atoms. The largest absolute Gasteiger partial charge is 0.392 e. The lowest BCUT2D eigenvalue weighted by Gasteiger charge is -2.10. The lowest BCUT2D eigenvalue weighted by molar-refractivity contribution is -0.122. The van der Waals surface area contributed by atoms with E-state index in [2.05, 4.69) is 20.6 Å². The molecule has 0 saturated carbocycles. The van der Waals surface area contributed by atoms with Gasteiger partial charge in [0.05, 0.1) is 23.2 Å². The highest BCUT2D eigenvalue weighted by Gasteiger charge is 2.27. The molecule has 2 atom stereocenters. The van der Waals surface area contributed by atoms with Crippen LogP contribution in [0.4, 0.5) is 0 Å². The van der Waals surface area contributed by atoms with Gasteiger partial charge in [-0.15, -0.1) is 0 Å². The number of β-amino-alcohol motifs (C(OH)–C–C–N with tert-alkyl or cyclic N) is 1. The number of aliphatic hydroxyl groups excluding tert-OH is 1. The Kier molecular flexibility index (Phi) is 4.17. The summed E-state index contributed by atoms with van der Waals surface area (Å²) in [6.07, 6.45) is 1.72. The fraction of sp³-hybridized carbons (Fsp3) is 0.467. The first-order valence-corrected chi connectivity index (χ1v) is 7.35. The smallest absolute Gasteiger partial charge is 0.237 e. The number of carbonyl (C=O) groups is 1. The normalized spacial score (nSPS) is 21.8. The van der Waals surface area contributed by atoms with Crippen molar-refractivity contribution in [3.05, 3.63) is 30.1 Å². The molecule has 0 radical (unpaired) electrons. The van der Waals surface area contributed by atoms with E-state index in [9.17, 15) is 9.90 Å². The maximum atomic E-state index is 11.8. The molecular formula is C15H20N4O2. The van der Waals surface area contributed by atoms with Gasteiger partial charge in [0.25, 0.3) is 0 Å². The van der Waals surface area contributed by atoms with E-state index < -0.39 is 6.10 Å². The van der Waals surface area contributed by atoms with Gasteiger partial charge < -0.3 is 20.7 Å². The molecule has 3 rings (SSSR count). The zero-order valence-corrected chi connectivity index (χ0v) is 11.8. The Balaban J connectivity index is 1.42. The summed E-state index contributed by atoms with van der Waals surface area (Å²) in [6.45, 7) is 1.11. The molecule has 1 aliphatic rings. The number of rotatable bonds is 5. The Labute approximate surface area is 123 Å². The number of nitrogens with one attached hydrogen (secondary N) is 3. The Morgan fingerprint density at radius 1 is 1.43 bits per heavy atom. The number of carbonyl (C=O) groups excluding carboxylic acids is 1. The van der Waals surface area contributed by atoms with Crippen LogP contribution >= 0.6 is 0 Å². The number of benzene rings is 1. The Bertz CT molecular complexity index is 592. The number of aliphatic hydroxyl groups is 1. The second-order valence-electron chi connectivity index (χ2n) is 5.45. The van der Waals surface area contributed by atoms with Crippen molar-refractivity contribution in [2.75, 3.05) is 13.1 Å². The molecule has 1 aliphatic heterocycles. The highest BCUT2D eigenvalue weighted by molar-refractivity contribution is 5.82. The minimum absolute atomic E-state index is 0.0313. The highest BCUT2D eigenvalue weighted by Crippen LogP contribution is 2.11. The quantitative estimate of drug-likeness (QED) is 0.597. The third-order valence-corrected chi connectivity index (χ3v) is 3.75. The van der Waals surface area contributed by atoms with Gasteiger partial charge in [-0.2, -0.15) is 0 Å². The van der Waals surface area contributed by atoms with Gasteiger partial charge in [0, 0.05) is 19.5 Å². The van der Waals surface area contributed by atoms with Gasteiger partial charge in [-0.05, 0) is 25.0 Å². The molecule has 2 heterocycles. The van der Waals surface area contributed by atoms with Crippen LogP contribution in [0.3, 0.4) is 0 Å². The van der Waals surface area contributed by atoms with Gasteiger partial charge in [0.2, 0.25) is 5.91 Å². The number of hydrogen-bond acceptors (Lipinski definition) is 4. The van der Waals surface area contributed by atoms with Gasteiger partial charge in [0.15, 0.2) is 0 Å². The molecule has 6 heteroatoms. The van der Waals surface area contributed by atoms with E-state index in [0.717, 1.165) is 29.7 Å². The monoisotopic (exact) mass is 288 g/mol. The topological polar surface area (TPSA) is 90.0 Å². The summed E-state index contributed by atoms with van der Waals surface area (Å²) in [5, 5.41) is 15.3. The van der Waals surface area contributed by atoms with Crippen molar-refractivity contribution >= 4 is 16.9 Å². The zero-order chi connectivity index (χ0) is 14.7. The van der Waals surface area contributed by atoms with Crippen molar-refractivity contribution in [1.29, 1.82) is 0 Å². The zero-order valence-electron chi connectivity index (χ0n) is 11.8. The van der Waals surface area contributed by atoms with Crippen LogP contribution in [0.25, 0.3) is 11.0 Å². The number of aromatic nitrogens is 2. The summed E-state index contributed by atoms with van der Waals surface area (Å²) < 4.78 is 0. The maximum Gasteiger partial charge on any atom is 0.237 e. The lowest BCUT2D eigenvalue weighted by atomic mass is 10.2. The second kappa shape index (κ2) is 6.24. The number of hydrogen-bond donors (Lipinski definition) is 4. The molecule has 1 fully saturated rings. The van der Waals surface area contributed by atoms with Crippen LogP contribution in [0.1, 0.15) is 18.7 Å². The Hall–Kier alpha value is -1.92. The van der Waals surface area contributed by atoms with Gasteiger partial charge in [-0.3, -0.25) is 4.79 Å². The highest BCUT2D eigenvalue weighted by atomic mass is 16.3. The third-order valence-electron chi connectivity index (χ3n) is 3.75. The predicted molar refractivity (Wildman–Crippen MR) is 79.8 cm³/mol. The van der Waals surface area contributed by atoms with Gasteiger partial charge in [-0.25, -0.2) is 4.98 Å². The molecule has 6 nitrogen and oxygen atoms in total. The summed E-state index contributed by atoms with van der Waals surface area (Å²) in [7, 11) is 0. The van der Waals surface area contributed by atoms with E-state index in [1.54, 1.807) is 0 Å². The summed E-state index contributed by atoms with van der Waals surface area (Å²) >= 11 is 0. The van der Waals surface area contributed by atoms with E-state index in [4.69, 9.17) is 0 Å². The fourth-order valence-electron chi connectivity index (χ4n) is 2.63. The molecule has 1 amide bonds. The van der Waals surface area contributed by atoms with Crippen molar-refractivity contribution in [3.8, 4) is 0 Å². The number of aryl methyl sites for hydroxylation is 1. The van der Waals surface area contributed by atoms with E-state index >= 15 is 0 Å². The average Bonchev–Trinajstić information content (AvgIpc) is 3.09. The van der Waals surface area contributed by atoms with Crippen LogP contribution in [0.15, 0.2) is 24.3 Å². The minimum Gasteiger partial charge on any atom is -0.392 e.